The van der Waals surface area contributed by atoms with Gasteiger partial charge in [-0.25, -0.2) is 4.98 Å². The first-order chi connectivity index (χ1) is 10.9. The molecule has 1 heterocycles. The maximum absolute atomic E-state index is 12.4. The summed E-state index contributed by atoms with van der Waals surface area (Å²) in [6.45, 7) is 1.16. The van der Waals surface area contributed by atoms with Crippen LogP contribution in [0, 0.1) is 5.41 Å². The lowest BCUT2D eigenvalue weighted by Gasteiger charge is -2.39. The van der Waals surface area contributed by atoms with Crippen LogP contribution in [0.4, 0.5) is 19.0 Å². The van der Waals surface area contributed by atoms with Crippen LogP contribution in [-0.4, -0.2) is 37.7 Å². The minimum Gasteiger partial charge on any atom is -0.384 e. The van der Waals surface area contributed by atoms with Gasteiger partial charge in [0.05, 0.1) is 17.6 Å². The molecule has 23 heavy (non-hydrogen) atoms. The largest absolute Gasteiger partial charge is 0.417 e. The molecular formula is C15H20F3N3O2. The molecule has 2 N–H and O–H groups in total. The molecule has 128 valence electrons. The third-order valence-electron chi connectivity index (χ3n) is 4.02. The fraction of sp³-hybridized carbons (Fsp3) is 0.600. The maximum atomic E-state index is 12.4. The van der Waals surface area contributed by atoms with E-state index < -0.39 is 17.2 Å². The molecule has 5 nitrogen and oxygen atoms in total. The molecule has 0 atom stereocenters. The molecule has 0 radical (unpaired) electrons. The first kappa shape index (κ1) is 17.5. The number of amides is 1. The summed E-state index contributed by atoms with van der Waals surface area (Å²) in [5.74, 6) is 0.301. The highest BCUT2D eigenvalue weighted by molar-refractivity contribution is 5.83. The molecule has 0 aliphatic heterocycles. The number of nitrogens with zero attached hydrogens (tertiary/aromatic N) is 1. The number of carbonyl (C=O) groups is 1. The minimum absolute atomic E-state index is 0.0345. The van der Waals surface area contributed by atoms with E-state index in [2.05, 4.69) is 15.6 Å². The number of nitrogens with one attached hydrogen (secondary N) is 2. The van der Waals surface area contributed by atoms with Crippen LogP contribution in [0.15, 0.2) is 18.3 Å². The van der Waals surface area contributed by atoms with Crippen molar-refractivity contribution in [3.63, 3.8) is 0 Å². The third-order valence-corrected chi connectivity index (χ3v) is 4.02. The summed E-state index contributed by atoms with van der Waals surface area (Å²) in [7, 11) is 1.57. The molecule has 1 saturated carbocycles. The summed E-state index contributed by atoms with van der Waals surface area (Å²) in [6, 6.07) is 2.23. The van der Waals surface area contributed by atoms with Crippen LogP contribution in [-0.2, 0) is 15.7 Å². The molecule has 0 bridgehead atoms. The standard InChI is InChI=1S/C15H20F3N3O2/c1-23-10-14(5-2-6-14)13(22)20-8-7-19-12-4-3-11(9-21-12)15(16,17)18/h3-4,9H,2,5-8,10H2,1H3,(H,19,21)(H,20,22). The van der Waals surface area contributed by atoms with Crippen LogP contribution in [0.3, 0.4) is 0 Å². The summed E-state index contributed by atoms with van der Waals surface area (Å²) in [6.07, 6.45) is -0.952. The van der Waals surface area contributed by atoms with Gasteiger partial charge in [0, 0.05) is 26.4 Å². The van der Waals surface area contributed by atoms with Crippen molar-refractivity contribution in [2.45, 2.75) is 25.4 Å². The number of rotatable bonds is 7. The summed E-state index contributed by atoms with van der Waals surface area (Å²) in [4.78, 5) is 15.8. The Labute approximate surface area is 132 Å². The number of anilines is 1. The SMILES string of the molecule is COCC1(C(=O)NCCNc2ccc(C(F)(F)F)cn2)CCC1. The van der Waals surface area contributed by atoms with Crippen molar-refractivity contribution in [3.8, 4) is 0 Å². The summed E-state index contributed by atoms with van der Waals surface area (Å²) >= 11 is 0. The van der Waals surface area contributed by atoms with Gasteiger partial charge < -0.3 is 15.4 Å². The Balaban J connectivity index is 1.74. The fourth-order valence-electron chi connectivity index (χ4n) is 2.54. The van der Waals surface area contributed by atoms with Gasteiger partial charge in [0.1, 0.15) is 5.82 Å². The Morgan fingerprint density at radius 2 is 2.09 bits per heavy atom. The van der Waals surface area contributed by atoms with E-state index in [1.807, 2.05) is 0 Å². The first-order valence-corrected chi connectivity index (χ1v) is 7.42. The Hall–Kier alpha value is -1.83. The van der Waals surface area contributed by atoms with Gasteiger partial charge in [0.15, 0.2) is 0 Å². The number of hydrogen-bond donors (Lipinski definition) is 2. The van der Waals surface area contributed by atoms with Gasteiger partial charge in [-0.1, -0.05) is 6.42 Å². The van der Waals surface area contributed by atoms with Crippen molar-refractivity contribution in [2.24, 2.45) is 5.41 Å². The second-order valence-corrected chi connectivity index (χ2v) is 5.68. The second-order valence-electron chi connectivity index (χ2n) is 5.68. The van der Waals surface area contributed by atoms with Crippen LogP contribution >= 0.6 is 0 Å². The highest BCUT2D eigenvalue weighted by atomic mass is 19.4. The summed E-state index contributed by atoms with van der Waals surface area (Å²) in [5, 5.41) is 5.70. The molecule has 8 heteroatoms. The monoisotopic (exact) mass is 331 g/mol. The molecule has 1 aromatic rings. The topological polar surface area (TPSA) is 63.2 Å². The Kier molecular flexibility index (Phi) is 5.46. The average Bonchev–Trinajstić information content (AvgIpc) is 2.46. The smallest absolute Gasteiger partial charge is 0.384 e. The van der Waals surface area contributed by atoms with Crippen molar-refractivity contribution < 1.29 is 22.7 Å². The Morgan fingerprint density at radius 1 is 1.35 bits per heavy atom. The van der Waals surface area contributed by atoms with Crippen molar-refractivity contribution in [1.82, 2.24) is 10.3 Å². The lowest BCUT2D eigenvalue weighted by Crippen LogP contribution is -2.49. The summed E-state index contributed by atoms with van der Waals surface area (Å²) in [5.41, 5.74) is -1.20. The molecule has 2 rings (SSSR count). The Morgan fingerprint density at radius 3 is 2.57 bits per heavy atom. The summed E-state index contributed by atoms with van der Waals surface area (Å²) < 4.78 is 42.3. The lowest BCUT2D eigenvalue weighted by atomic mass is 9.68. The van der Waals surface area contributed by atoms with Crippen LogP contribution in [0.1, 0.15) is 24.8 Å². The predicted octanol–water partition coefficient (Wildman–Crippen LogP) is 2.45. The van der Waals surface area contributed by atoms with E-state index in [1.54, 1.807) is 7.11 Å². The zero-order chi connectivity index (χ0) is 16.9. The number of aromatic nitrogens is 1. The van der Waals surface area contributed by atoms with Gasteiger partial charge >= 0.3 is 6.18 Å². The van der Waals surface area contributed by atoms with Crippen LogP contribution < -0.4 is 10.6 Å². The molecule has 0 saturated heterocycles. The van der Waals surface area contributed by atoms with E-state index in [0.717, 1.165) is 31.5 Å². The van der Waals surface area contributed by atoms with E-state index in [4.69, 9.17) is 4.74 Å². The van der Waals surface area contributed by atoms with E-state index in [9.17, 15) is 18.0 Å². The first-order valence-electron chi connectivity index (χ1n) is 7.42. The molecule has 0 aromatic carbocycles. The van der Waals surface area contributed by atoms with Crippen LogP contribution in [0.25, 0.3) is 0 Å². The fourth-order valence-corrected chi connectivity index (χ4v) is 2.54. The van der Waals surface area contributed by atoms with Gasteiger partial charge in [-0.15, -0.1) is 0 Å². The zero-order valence-electron chi connectivity index (χ0n) is 12.9. The van der Waals surface area contributed by atoms with Gasteiger partial charge in [-0.05, 0) is 25.0 Å². The van der Waals surface area contributed by atoms with Crippen molar-refractivity contribution in [2.75, 3.05) is 32.1 Å². The minimum atomic E-state index is -4.39. The average molecular weight is 331 g/mol. The molecule has 1 amide bonds. The van der Waals surface area contributed by atoms with Crippen LogP contribution in [0.2, 0.25) is 0 Å². The van der Waals surface area contributed by atoms with Gasteiger partial charge in [0.25, 0.3) is 0 Å². The van der Waals surface area contributed by atoms with E-state index in [0.29, 0.717) is 25.5 Å². The van der Waals surface area contributed by atoms with E-state index >= 15 is 0 Å². The van der Waals surface area contributed by atoms with Gasteiger partial charge in [-0.3, -0.25) is 4.79 Å². The predicted molar refractivity (Wildman–Crippen MR) is 78.9 cm³/mol. The van der Waals surface area contributed by atoms with Crippen molar-refractivity contribution in [1.29, 1.82) is 0 Å². The van der Waals surface area contributed by atoms with Crippen molar-refractivity contribution in [3.05, 3.63) is 23.9 Å². The number of halogens is 3. The van der Waals surface area contributed by atoms with E-state index in [-0.39, 0.29) is 5.91 Å². The molecule has 1 fully saturated rings. The highest BCUT2D eigenvalue weighted by Crippen LogP contribution is 2.41. The number of ether oxygens (including phenoxy) is 1. The molecular weight excluding hydrogens is 311 g/mol. The van der Waals surface area contributed by atoms with Crippen molar-refractivity contribution >= 4 is 11.7 Å². The number of alkyl halides is 3. The highest BCUT2D eigenvalue weighted by Gasteiger charge is 2.43. The zero-order valence-corrected chi connectivity index (χ0v) is 12.9. The number of carbonyl (C=O) groups excluding carboxylic acids is 1. The van der Waals surface area contributed by atoms with Gasteiger partial charge in [-0.2, -0.15) is 13.2 Å². The lowest BCUT2D eigenvalue weighted by molar-refractivity contribution is -0.140. The number of methoxy groups -OCH3 is 1. The molecule has 1 aromatic heterocycles. The molecule has 1 aliphatic carbocycles. The molecule has 0 unspecified atom stereocenters. The van der Waals surface area contributed by atoms with E-state index in [1.165, 1.54) is 6.07 Å². The quantitative estimate of drug-likeness (QED) is 0.754. The maximum Gasteiger partial charge on any atom is 0.417 e. The third kappa shape index (κ3) is 4.34. The Bertz CT molecular complexity index is 528. The van der Waals surface area contributed by atoms with Crippen LogP contribution in [0.5, 0.6) is 0 Å². The number of hydrogen-bond acceptors (Lipinski definition) is 4. The normalized spacial score (nSPS) is 16.5. The molecule has 0 spiro atoms. The molecule has 1 aliphatic rings. The second kappa shape index (κ2) is 7.16. The van der Waals surface area contributed by atoms with Gasteiger partial charge in [0.2, 0.25) is 5.91 Å². The number of pyridine rings is 1.